The predicted molar refractivity (Wildman–Crippen MR) is 77.3 cm³/mol. The molecule has 0 spiro atoms. The van der Waals surface area contributed by atoms with E-state index in [1.54, 1.807) is 19.1 Å². The van der Waals surface area contributed by atoms with Gasteiger partial charge in [0.2, 0.25) is 0 Å². The van der Waals surface area contributed by atoms with E-state index in [0.717, 1.165) is 0 Å². The van der Waals surface area contributed by atoms with Crippen LogP contribution in [0.1, 0.15) is 31.5 Å². The van der Waals surface area contributed by atoms with Gasteiger partial charge in [0, 0.05) is 0 Å². The summed E-state index contributed by atoms with van der Waals surface area (Å²) < 4.78 is 13.5. The number of amides is 2. The Kier molecular flexibility index (Phi) is 4.52. The molecule has 0 unspecified atom stereocenters. The number of nitrogens with one attached hydrogen (secondary N) is 3. The number of aromatic nitrogens is 3. The third kappa shape index (κ3) is 3.77. The molecule has 0 bridgehead atoms. The summed E-state index contributed by atoms with van der Waals surface area (Å²) in [6, 6.07) is 5.14. The number of halogens is 1. The summed E-state index contributed by atoms with van der Waals surface area (Å²) in [6.07, 6.45) is 0. The molecule has 112 valence electrons. The number of aromatic amines is 1. The van der Waals surface area contributed by atoms with Crippen molar-refractivity contribution in [1.29, 1.82) is 0 Å². The quantitative estimate of drug-likeness (QED) is 0.810. The monoisotopic (exact) mass is 291 g/mol. The zero-order chi connectivity index (χ0) is 15.4. The fraction of sp³-hybridized carbons (Fsp3) is 0.357. The Morgan fingerprint density at radius 3 is 2.62 bits per heavy atom. The molecule has 0 fully saturated rings. The Morgan fingerprint density at radius 1 is 1.33 bits per heavy atom. The molecular weight excluding hydrogens is 273 g/mol. The summed E-state index contributed by atoms with van der Waals surface area (Å²) >= 11 is 0. The van der Waals surface area contributed by atoms with Crippen LogP contribution in [0.4, 0.5) is 14.9 Å². The van der Waals surface area contributed by atoms with Crippen molar-refractivity contribution in [1.82, 2.24) is 20.5 Å². The van der Waals surface area contributed by atoms with Crippen LogP contribution in [0.15, 0.2) is 24.3 Å². The maximum atomic E-state index is 13.5. The highest BCUT2D eigenvalue weighted by atomic mass is 19.1. The Labute approximate surface area is 122 Å². The van der Waals surface area contributed by atoms with E-state index in [0.29, 0.717) is 11.6 Å². The Balaban J connectivity index is 2.07. The molecule has 2 amide bonds. The van der Waals surface area contributed by atoms with Crippen molar-refractivity contribution in [3.05, 3.63) is 41.7 Å². The number of hydrogen-bond acceptors (Lipinski definition) is 3. The Hall–Kier alpha value is -2.44. The van der Waals surface area contributed by atoms with Gasteiger partial charge in [-0.25, -0.2) is 14.2 Å². The van der Waals surface area contributed by atoms with Gasteiger partial charge >= 0.3 is 6.03 Å². The highest BCUT2D eigenvalue weighted by Gasteiger charge is 2.22. The van der Waals surface area contributed by atoms with E-state index in [2.05, 4.69) is 25.8 Å². The number of nitrogens with zero attached hydrogens (tertiary/aromatic N) is 2. The first-order valence-electron chi connectivity index (χ1n) is 6.68. The molecule has 1 aromatic carbocycles. The van der Waals surface area contributed by atoms with Gasteiger partial charge in [0.1, 0.15) is 11.6 Å². The smallest absolute Gasteiger partial charge is 0.319 e. The summed E-state index contributed by atoms with van der Waals surface area (Å²) in [4.78, 5) is 16.2. The van der Waals surface area contributed by atoms with E-state index in [1.165, 1.54) is 12.1 Å². The average molecular weight is 291 g/mol. The molecule has 0 aliphatic heterocycles. The molecule has 0 radical (unpaired) electrons. The number of aryl methyl sites for hydroxylation is 1. The van der Waals surface area contributed by atoms with Crippen molar-refractivity contribution in [2.75, 3.05) is 5.32 Å². The molecule has 0 aliphatic carbocycles. The standard InChI is InChI=1S/C14H18FN5O/c1-8(2)12(13-16-9(3)19-20-13)18-14(21)17-11-7-5-4-6-10(11)15/h4-8,12H,1-3H3,(H,16,19,20)(H2,17,18,21)/t12-/m0/s1. The van der Waals surface area contributed by atoms with Gasteiger partial charge in [-0.1, -0.05) is 26.0 Å². The zero-order valence-electron chi connectivity index (χ0n) is 12.1. The second-order valence-corrected chi connectivity index (χ2v) is 5.08. The Bertz CT molecular complexity index is 625. The fourth-order valence-electron chi connectivity index (χ4n) is 1.89. The van der Waals surface area contributed by atoms with Gasteiger partial charge in [-0.3, -0.25) is 5.10 Å². The number of benzene rings is 1. The summed E-state index contributed by atoms with van der Waals surface area (Å²) in [5, 5.41) is 12.0. The van der Waals surface area contributed by atoms with Crippen LogP contribution in [0.3, 0.4) is 0 Å². The minimum absolute atomic E-state index is 0.0894. The van der Waals surface area contributed by atoms with Crippen LogP contribution < -0.4 is 10.6 Å². The molecule has 0 saturated carbocycles. The maximum absolute atomic E-state index is 13.5. The molecule has 7 heteroatoms. The number of urea groups is 1. The van der Waals surface area contributed by atoms with Gasteiger partial charge in [0.05, 0.1) is 11.7 Å². The van der Waals surface area contributed by atoms with Crippen LogP contribution >= 0.6 is 0 Å². The third-order valence-corrected chi connectivity index (χ3v) is 2.97. The van der Waals surface area contributed by atoms with Crippen molar-refractivity contribution in [3.63, 3.8) is 0 Å². The van der Waals surface area contributed by atoms with E-state index in [1.807, 2.05) is 13.8 Å². The van der Waals surface area contributed by atoms with Gasteiger partial charge in [-0.05, 0) is 25.0 Å². The topological polar surface area (TPSA) is 82.7 Å². The third-order valence-electron chi connectivity index (χ3n) is 2.97. The zero-order valence-corrected chi connectivity index (χ0v) is 12.1. The summed E-state index contributed by atoms with van der Waals surface area (Å²) in [5.74, 6) is 0.784. The van der Waals surface area contributed by atoms with Crippen LogP contribution in [0.2, 0.25) is 0 Å². The van der Waals surface area contributed by atoms with Crippen LogP contribution in [0, 0.1) is 18.7 Å². The molecule has 1 atom stereocenters. The van der Waals surface area contributed by atoms with E-state index in [9.17, 15) is 9.18 Å². The number of anilines is 1. The van der Waals surface area contributed by atoms with Crippen molar-refractivity contribution in [2.24, 2.45) is 5.92 Å². The molecule has 0 saturated heterocycles. The average Bonchev–Trinajstić information content (AvgIpc) is 2.85. The number of rotatable bonds is 4. The summed E-state index contributed by atoms with van der Waals surface area (Å²) in [6.45, 7) is 5.67. The molecule has 0 aliphatic rings. The van der Waals surface area contributed by atoms with Crippen LogP contribution in [-0.4, -0.2) is 21.2 Å². The first-order chi connectivity index (χ1) is 9.97. The first-order valence-corrected chi connectivity index (χ1v) is 6.68. The number of hydrogen-bond donors (Lipinski definition) is 3. The van der Waals surface area contributed by atoms with Crippen molar-refractivity contribution < 1.29 is 9.18 Å². The van der Waals surface area contributed by atoms with E-state index >= 15 is 0 Å². The summed E-state index contributed by atoms with van der Waals surface area (Å²) in [5.41, 5.74) is 0.128. The molecule has 1 heterocycles. The molecule has 1 aromatic heterocycles. The van der Waals surface area contributed by atoms with Gasteiger partial charge in [-0.15, -0.1) is 0 Å². The number of H-pyrrole nitrogens is 1. The molecule has 3 N–H and O–H groups in total. The molecule has 6 nitrogen and oxygen atoms in total. The second kappa shape index (κ2) is 6.34. The largest absolute Gasteiger partial charge is 0.328 e. The SMILES string of the molecule is Cc1nc([C@@H](NC(=O)Nc2ccccc2F)C(C)C)n[nH]1. The lowest BCUT2D eigenvalue weighted by Crippen LogP contribution is -2.36. The van der Waals surface area contributed by atoms with Gasteiger partial charge < -0.3 is 10.6 Å². The highest BCUT2D eigenvalue weighted by molar-refractivity contribution is 5.89. The number of carbonyl (C=O) groups excluding carboxylic acids is 1. The maximum Gasteiger partial charge on any atom is 0.319 e. The van der Waals surface area contributed by atoms with E-state index < -0.39 is 11.8 Å². The van der Waals surface area contributed by atoms with Crippen LogP contribution in [0.25, 0.3) is 0 Å². The lowest BCUT2D eigenvalue weighted by molar-refractivity contribution is 0.243. The fourth-order valence-corrected chi connectivity index (χ4v) is 1.89. The first kappa shape index (κ1) is 15.0. The molecule has 2 rings (SSSR count). The minimum atomic E-state index is -0.499. The minimum Gasteiger partial charge on any atom is -0.328 e. The predicted octanol–water partition coefficient (Wildman–Crippen LogP) is 2.77. The second-order valence-electron chi connectivity index (χ2n) is 5.08. The lowest BCUT2D eigenvalue weighted by Gasteiger charge is -2.19. The molecular formula is C14H18FN5O. The normalized spacial score (nSPS) is 12.2. The van der Waals surface area contributed by atoms with E-state index in [-0.39, 0.29) is 17.6 Å². The van der Waals surface area contributed by atoms with Crippen molar-refractivity contribution in [2.45, 2.75) is 26.8 Å². The summed E-state index contributed by atoms with van der Waals surface area (Å²) in [7, 11) is 0. The van der Waals surface area contributed by atoms with Crippen LogP contribution in [0.5, 0.6) is 0 Å². The number of carbonyl (C=O) groups is 1. The molecule has 21 heavy (non-hydrogen) atoms. The van der Waals surface area contributed by atoms with Crippen molar-refractivity contribution in [3.8, 4) is 0 Å². The number of para-hydroxylation sites is 1. The van der Waals surface area contributed by atoms with Gasteiger partial charge in [-0.2, -0.15) is 5.10 Å². The van der Waals surface area contributed by atoms with Crippen molar-refractivity contribution >= 4 is 11.7 Å². The highest BCUT2D eigenvalue weighted by Crippen LogP contribution is 2.19. The Morgan fingerprint density at radius 2 is 2.05 bits per heavy atom. The van der Waals surface area contributed by atoms with Gasteiger partial charge in [0.25, 0.3) is 0 Å². The van der Waals surface area contributed by atoms with Gasteiger partial charge in [0.15, 0.2) is 5.82 Å². The van der Waals surface area contributed by atoms with E-state index in [4.69, 9.17) is 0 Å². The van der Waals surface area contributed by atoms with Crippen LogP contribution in [-0.2, 0) is 0 Å². The molecule has 2 aromatic rings. The lowest BCUT2D eigenvalue weighted by atomic mass is 10.0.